The quantitative estimate of drug-likeness (QED) is 0.434. The summed E-state index contributed by atoms with van der Waals surface area (Å²) in [7, 11) is 1.49. The molecule has 1 aliphatic rings. The summed E-state index contributed by atoms with van der Waals surface area (Å²) < 4.78 is 32.7. The van der Waals surface area contributed by atoms with Crippen LogP contribution in [0.4, 0.5) is 10.4 Å². The monoisotopic (exact) mass is 453 g/mol. The van der Waals surface area contributed by atoms with E-state index in [1.807, 2.05) is 13.8 Å². The second-order valence-corrected chi connectivity index (χ2v) is 8.18. The van der Waals surface area contributed by atoms with Gasteiger partial charge in [-0.2, -0.15) is 10.1 Å². The Labute approximate surface area is 189 Å². The molecule has 0 bridgehead atoms. The fourth-order valence-electron chi connectivity index (χ4n) is 3.79. The van der Waals surface area contributed by atoms with Gasteiger partial charge in [-0.25, -0.2) is 19.0 Å². The highest BCUT2D eigenvalue weighted by Crippen LogP contribution is 2.28. The van der Waals surface area contributed by atoms with E-state index in [0.717, 1.165) is 25.9 Å². The number of benzene rings is 1. The number of ether oxygens (including phenoxy) is 2. The summed E-state index contributed by atoms with van der Waals surface area (Å²) in [6.07, 6.45) is 4.50. The van der Waals surface area contributed by atoms with Gasteiger partial charge in [-0.15, -0.1) is 0 Å². The minimum absolute atomic E-state index is 0.0343. The van der Waals surface area contributed by atoms with Gasteiger partial charge >= 0.3 is 6.01 Å². The van der Waals surface area contributed by atoms with Gasteiger partial charge in [0.25, 0.3) is 0 Å². The van der Waals surface area contributed by atoms with E-state index in [4.69, 9.17) is 14.0 Å². The van der Waals surface area contributed by atoms with Crippen LogP contribution in [0.25, 0.3) is 16.7 Å². The molecule has 4 heterocycles. The first-order valence-electron chi connectivity index (χ1n) is 10.8. The topological polar surface area (TPSA) is 104 Å². The van der Waals surface area contributed by atoms with Crippen LogP contribution in [-0.4, -0.2) is 56.2 Å². The van der Waals surface area contributed by atoms with Gasteiger partial charge in [0.2, 0.25) is 5.88 Å². The first kappa shape index (κ1) is 21.1. The van der Waals surface area contributed by atoms with Crippen LogP contribution < -0.4 is 14.4 Å². The molecule has 0 spiro atoms. The van der Waals surface area contributed by atoms with Gasteiger partial charge in [0.05, 0.1) is 13.3 Å². The van der Waals surface area contributed by atoms with Crippen molar-refractivity contribution >= 4 is 17.0 Å². The molecule has 1 fully saturated rings. The first-order chi connectivity index (χ1) is 16.0. The summed E-state index contributed by atoms with van der Waals surface area (Å²) in [6, 6.07) is 5.12. The molecule has 0 aliphatic carbocycles. The number of hydrogen-bond acceptors (Lipinski definition) is 9. The summed E-state index contributed by atoms with van der Waals surface area (Å²) in [5.41, 5.74) is 0.734. The highest BCUT2D eigenvalue weighted by molar-refractivity contribution is 5.81. The minimum Gasteiger partial charge on any atom is -0.497 e. The van der Waals surface area contributed by atoms with E-state index in [9.17, 15) is 4.39 Å². The molecule has 5 rings (SSSR count). The third-order valence-corrected chi connectivity index (χ3v) is 5.65. The number of methoxy groups -OCH3 is 1. The van der Waals surface area contributed by atoms with Gasteiger partial charge < -0.3 is 18.9 Å². The lowest BCUT2D eigenvalue weighted by molar-refractivity contribution is 0.164. The van der Waals surface area contributed by atoms with Gasteiger partial charge in [0, 0.05) is 37.9 Å². The molecule has 0 atom stereocenters. The van der Waals surface area contributed by atoms with E-state index in [2.05, 4.69) is 30.1 Å². The summed E-state index contributed by atoms with van der Waals surface area (Å²) in [6.45, 7) is 5.52. The van der Waals surface area contributed by atoms with Crippen LogP contribution in [0.3, 0.4) is 0 Å². The van der Waals surface area contributed by atoms with Crippen LogP contribution in [0.2, 0.25) is 0 Å². The van der Waals surface area contributed by atoms with Gasteiger partial charge in [0.1, 0.15) is 29.3 Å². The molecule has 10 nitrogen and oxygen atoms in total. The van der Waals surface area contributed by atoms with E-state index in [0.29, 0.717) is 34.5 Å². The maximum atomic E-state index is 14.6. The molecule has 0 unspecified atom stereocenters. The van der Waals surface area contributed by atoms with Crippen molar-refractivity contribution in [1.82, 2.24) is 29.9 Å². The van der Waals surface area contributed by atoms with Crippen molar-refractivity contribution in [1.29, 1.82) is 0 Å². The second-order valence-electron chi connectivity index (χ2n) is 8.18. The fraction of sp³-hybridized carbons (Fsp3) is 0.409. The zero-order valence-electron chi connectivity index (χ0n) is 18.6. The number of rotatable bonds is 6. The predicted molar refractivity (Wildman–Crippen MR) is 117 cm³/mol. The van der Waals surface area contributed by atoms with Crippen molar-refractivity contribution < 1.29 is 18.4 Å². The van der Waals surface area contributed by atoms with Crippen molar-refractivity contribution in [2.24, 2.45) is 0 Å². The maximum absolute atomic E-state index is 14.6. The summed E-state index contributed by atoms with van der Waals surface area (Å²) in [5, 5.41) is 8.98. The van der Waals surface area contributed by atoms with Crippen molar-refractivity contribution in [3.8, 4) is 17.3 Å². The Kier molecular flexibility index (Phi) is 5.53. The number of anilines is 1. The molecule has 0 amide bonds. The highest BCUT2D eigenvalue weighted by atomic mass is 19.1. The Morgan fingerprint density at radius 3 is 2.70 bits per heavy atom. The van der Waals surface area contributed by atoms with Crippen LogP contribution in [0.1, 0.15) is 38.4 Å². The highest BCUT2D eigenvalue weighted by Gasteiger charge is 2.26. The number of hydrogen-bond donors (Lipinski definition) is 0. The Balaban J connectivity index is 1.31. The van der Waals surface area contributed by atoms with Gasteiger partial charge in [-0.3, -0.25) is 0 Å². The zero-order chi connectivity index (χ0) is 22.9. The molecule has 1 saturated heterocycles. The molecular formula is C22H24FN7O3. The van der Waals surface area contributed by atoms with Crippen LogP contribution >= 0.6 is 0 Å². The average molecular weight is 453 g/mol. The van der Waals surface area contributed by atoms with Crippen molar-refractivity contribution in [2.75, 3.05) is 25.1 Å². The molecule has 0 radical (unpaired) electrons. The molecule has 11 heteroatoms. The molecule has 33 heavy (non-hydrogen) atoms. The molecule has 172 valence electrons. The van der Waals surface area contributed by atoms with E-state index < -0.39 is 5.82 Å². The Morgan fingerprint density at radius 2 is 2.00 bits per heavy atom. The molecular weight excluding hydrogens is 429 g/mol. The number of piperidine rings is 1. The lowest BCUT2D eigenvalue weighted by Gasteiger charge is -2.30. The van der Waals surface area contributed by atoms with Gasteiger partial charge in [0.15, 0.2) is 17.3 Å². The third-order valence-electron chi connectivity index (χ3n) is 5.65. The van der Waals surface area contributed by atoms with Crippen molar-refractivity contribution in [2.45, 2.75) is 38.7 Å². The summed E-state index contributed by atoms with van der Waals surface area (Å²) in [4.78, 5) is 15.1. The number of aromatic nitrogens is 6. The lowest BCUT2D eigenvalue weighted by atomic mass is 10.1. The molecule has 1 aliphatic heterocycles. The number of nitrogens with zero attached hydrogens (tertiary/aromatic N) is 7. The van der Waals surface area contributed by atoms with Crippen LogP contribution in [0.15, 0.2) is 35.2 Å². The fourth-order valence-corrected chi connectivity index (χ4v) is 3.79. The third kappa shape index (κ3) is 4.06. The van der Waals surface area contributed by atoms with Crippen LogP contribution in [0.5, 0.6) is 11.6 Å². The Morgan fingerprint density at radius 1 is 1.18 bits per heavy atom. The largest absolute Gasteiger partial charge is 0.497 e. The summed E-state index contributed by atoms with van der Waals surface area (Å²) in [5.74, 6) is 1.32. The zero-order valence-corrected chi connectivity index (χ0v) is 18.6. The first-order valence-corrected chi connectivity index (χ1v) is 10.8. The van der Waals surface area contributed by atoms with Crippen LogP contribution in [0, 0.1) is 5.82 Å². The SMILES string of the molecule is COc1ccc(-n2ncc3c(OC4CCN(c5nc(C(C)C)no5)CC4)ncnc32)c(F)c1. The van der Waals surface area contributed by atoms with Gasteiger partial charge in [-0.1, -0.05) is 19.0 Å². The Hall–Kier alpha value is -3.76. The Bertz CT molecular complexity index is 1260. The molecule has 0 saturated carbocycles. The van der Waals surface area contributed by atoms with E-state index in [1.54, 1.807) is 18.3 Å². The smallest absolute Gasteiger partial charge is 0.324 e. The van der Waals surface area contributed by atoms with Crippen LogP contribution in [-0.2, 0) is 0 Å². The average Bonchev–Trinajstić information content (AvgIpc) is 3.48. The molecule has 1 aromatic carbocycles. The summed E-state index contributed by atoms with van der Waals surface area (Å²) >= 11 is 0. The maximum Gasteiger partial charge on any atom is 0.324 e. The molecule has 3 aromatic heterocycles. The standard InChI is InChI=1S/C22H24FN7O3/c1-13(2)19-27-22(33-28-19)29-8-6-14(7-9-29)32-21-16-11-26-30(20(16)24-12-25-21)18-5-4-15(31-3)10-17(18)23/h4-5,10-14H,6-9H2,1-3H3. The number of halogens is 1. The normalized spacial score (nSPS) is 14.9. The van der Waals surface area contributed by atoms with E-state index in [-0.39, 0.29) is 17.7 Å². The van der Waals surface area contributed by atoms with Crippen molar-refractivity contribution in [3.63, 3.8) is 0 Å². The second kappa shape index (κ2) is 8.64. The predicted octanol–water partition coefficient (Wildman–Crippen LogP) is 3.52. The number of fused-ring (bicyclic) bond motifs is 1. The molecule has 0 N–H and O–H groups in total. The van der Waals surface area contributed by atoms with E-state index in [1.165, 1.54) is 24.2 Å². The lowest BCUT2D eigenvalue weighted by Crippen LogP contribution is -2.38. The van der Waals surface area contributed by atoms with E-state index >= 15 is 0 Å². The van der Waals surface area contributed by atoms with Crippen molar-refractivity contribution in [3.05, 3.63) is 42.4 Å². The minimum atomic E-state index is -0.463. The molecule has 4 aromatic rings. The van der Waals surface area contributed by atoms with Gasteiger partial charge in [-0.05, 0) is 12.1 Å².